The first kappa shape index (κ1) is 19.2. The number of hydrogen-bond acceptors (Lipinski definition) is 5. The maximum atomic E-state index is 12.5. The fourth-order valence-corrected chi connectivity index (χ4v) is 5.54. The van der Waals surface area contributed by atoms with Gasteiger partial charge in [0.25, 0.3) is 10.0 Å². The lowest BCUT2D eigenvalue weighted by molar-refractivity contribution is 0.520. The fourth-order valence-electron chi connectivity index (χ4n) is 1.93. The maximum Gasteiger partial charge on any atom is 0.271 e. The molecule has 2 rings (SSSR count). The smallest absolute Gasteiger partial charge is 0.271 e. The molecule has 0 spiro atoms. The zero-order chi connectivity index (χ0) is 18.3. The maximum absolute atomic E-state index is 12.5. The highest BCUT2D eigenvalue weighted by Crippen LogP contribution is 2.30. The van der Waals surface area contributed by atoms with E-state index in [4.69, 9.17) is 11.6 Å². The van der Waals surface area contributed by atoms with Crippen LogP contribution in [0, 0.1) is 13.8 Å². The van der Waals surface area contributed by atoms with Crippen LogP contribution in [-0.4, -0.2) is 35.2 Å². The lowest BCUT2D eigenvalue weighted by Gasteiger charge is -2.16. The third kappa shape index (κ3) is 3.75. The van der Waals surface area contributed by atoms with E-state index >= 15 is 0 Å². The zero-order valence-electron chi connectivity index (χ0n) is 13.5. The molecule has 0 radical (unpaired) electrons. The number of thiophene rings is 1. The number of sulfonamides is 2. The van der Waals surface area contributed by atoms with Crippen molar-refractivity contribution < 1.29 is 16.8 Å². The molecular weight excluding hydrogens is 392 g/mol. The van der Waals surface area contributed by atoms with Gasteiger partial charge in [0.15, 0.2) is 0 Å². The molecule has 0 saturated carbocycles. The predicted molar refractivity (Wildman–Crippen MR) is 96.9 cm³/mol. The first-order valence-electron chi connectivity index (χ1n) is 6.77. The lowest BCUT2D eigenvalue weighted by atomic mass is 10.1. The van der Waals surface area contributed by atoms with Crippen LogP contribution in [0.25, 0.3) is 0 Å². The Morgan fingerprint density at radius 1 is 1.08 bits per heavy atom. The van der Waals surface area contributed by atoms with Crippen molar-refractivity contribution in [3.63, 3.8) is 0 Å². The minimum Gasteiger partial charge on any atom is -0.279 e. The van der Waals surface area contributed by atoms with Crippen molar-refractivity contribution in [3.05, 3.63) is 39.7 Å². The average molecular weight is 409 g/mol. The summed E-state index contributed by atoms with van der Waals surface area (Å²) in [5.74, 6) is 0. The SMILES string of the molecule is Cc1cc(S(=O)(=O)N(C)C)cc(NS(=O)(=O)c2ccc(Cl)s2)c1C. The van der Waals surface area contributed by atoms with Crippen LogP contribution in [0.1, 0.15) is 11.1 Å². The molecule has 10 heteroatoms. The van der Waals surface area contributed by atoms with Gasteiger partial charge in [-0.3, -0.25) is 4.72 Å². The van der Waals surface area contributed by atoms with Crippen molar-refractivity contribution in [2.45, 2.75) is 23.0 Å². The van der Waals surface area contributed by atoms with Crippen molar-refractivity contribution in [2.75, 3.05) is 18.8 Å². The van der Waals surface area contributed by atoms with Gasteiger partial charge in [-0.25, -0.2) is 21.1 Å². The van der Waals surface area contributed by atoms with Crippen molar-refractivity contribution >= 4 is 48.7 Å². The first-order valence-corrected chi connectivity index (χ1v) is 10.9. The molecule has 132 valence electrons. The molecule has 1 aromatic carbocycles. The van der Waals surface area contributed by atoms with E-state index in [1.54, 1.807) is 13.8 Å². The van der Waals surface area contributed by atoms with Gasteiger partial charge in [0, 0.05) is 14.1 Å². The van der Waals surface area contributed by atoms with Crippen molar-refractivity contribution in [3.8, 4) is 0 Å². The van der Waals surface area contributed by atoms with Crippen LogP contribution >= 0.6 is 22.9 Å². The normalized spacial score (nSPS) is 12.6. The van der Waals surface area contributed by atoms with Crippen LogP contribution in [0.15, 0.2) is 33.4 Å². The summed E-state index contributed by atoms with van der Waals surface area (Å²) in [7, 11) is -4.68. The fraction of sp³-hybridized carbons (Fsp3) is 0.286. The summed E-state index contributed by atoms with van der Waals surface area (Å²) in [5, 5.41) is 0. The summed E-state index contributed by atoms with van der Waals surface area (Å²) in [6, 6.07) is 5.73. The Morgan fingerprint density at radius 3 is 2.21 bits per heavy atom. The second-order valence-corrected chi connectivity index (χ2v) is 11.1. The Balaban J connectivity index is 2.53. The Morgan fingerprint density at radius 2 is 1.71 bits per heavy atom. The molecule has 24 heavy (non-hydrogen) atoms. The standard InChI is InChI=1S/C14H17ClN2O4S3/c1-9-7-11(24(20,21)17(3)4)8-12(10(9)2)16-23(18,19)14-6-5-13(15)22-14/h5-8,16H,1-4H3. The Hall–Kier alpha value is -1.13. The Kier molecular flexibility index (Phi) is 5.31. The minimum absolute atomic E-state index is 0.0255. The molecule has 0 saturated heterocycles. The molecule has 0 aliphatic heterocycles. The molecule has 1 heterocycles. The monoisotopic (exact) mass is 408 g/mol. The van der Waals surface area contributed by atoms with Gasteiger partial charge in [0.1, 0.15) is 4.21 Å². The van der Waals surface area contributed by atoms with Gasteiger partial charge in [-0.1, -0.05) is 11.6 Å². The quantitative estimate of drug-likeness (QED) is 0.823. The number of hydrogen-bond donors (Lipinski definition) is 1. The van der Waals surface area contributed by atoms with E-state index in [0.29, 0.717) is 15.5 Å². The third-order valence-corrected chi connectivity index (χ3v) is 8.36. The number of halogens is 1. The average Bonchev–Trinajstić information content (AvgIpc) is 2.90. The van der Waals surface area contributed by atoms with E-state index in [0.717, 1.165) is 15.6 Å². The minimum atomic E-state index is -3.84. The largest absolute Gasteiger partial charge is 0.279 e. The second kappa shape index (κ2) is 6.64. The number of nitrogens with one attached hydrogen (secondary N) is 1. The van der Waals surface area contributed by atoms with Crippen molar-refractivity contribution in [1.29, 1.82) is 0 Å². The van der Waals surface area contributed by atoms with Crippen LogP contribution in [-0.2, 0) is 20.0 Å². The van der Waals surface area contributed by atoms with Crippen LogP contribution in [0.3, 0.4) is 0 Å². The summed E-state index contributed by atoms with van der Waals surface area (Å²) in [5.41, 5.74) is 1.54. The summed E-state index contributed by atoms with van der Waals surface area (Å²) in [6.07, 6.45) is 0. The van der Waals surface area contributed by atoms with E-state index < -0.39 is 20.0 Å². The molecule has 2 aromatic rings. The van der Waals surface area contributed by atoms with Crippen LogP contribution in [0.5, 0.6) is 0 Å². The zero-order valence-corrected chi connectivity index (χ0v) is 16.7. The van der Waals surface area contributed by atoms with Crippen LogP contribution < -0.4 is 4.72 Å². The highest BCUT2D eigenvalue weighted by atomic mass is 35.5. The molecule has 0 aliphatic carbocycles. The third-order valence-electron chi connectivity index (χ3n) is 3.48. The van der Waals surface area contributed by atoms with Gasteiger partial charge < -0.3 is 0 Å². The summed E-state index contributed by atoms with van der Waals surface area (Å²) in [4.78, 5) is 0.0255. The van der Waals surface area contributed by atoms with Gasteiger partial charge in [0.05, 0.1) is 14.9 Å². The number of anilines is 1. The molecule has 0 aliphatic rings. The Labute approximate surface area is 151 Å². The van der Waals surface area contributed by atoms with Crippen LogP contribution in [0.4, 0.5) is 5.69 Å². The van der Waals surface area contributed by atoms with E-state index in [2.05, 4.69) is 4.72 Å². The summed E-state index contributed by atoms with van der Waals surface area (Å²) in [6.45, 7) is 3.45. The summed E-state index contributed by atoms with van der Waals surface area (Å²) >= 11 is 6.71. The molecule has 0 fully saturated rings. The number of rotatable bonds is 5. The van der Waals surface area contributed by atoms with E-state index in [9.17, 15) is 16.8 Å². The number of benzene rings is 1. The van der Waals surface area contributed by atoms with E-state index in [1.807, 2.05) is 0 Å². The number of nitrogens with zero attached hydrogens (tertiary/aromatic N) is 1. The molecule has 0 amide bonds. The van der Waals surface area contributed by atoms with E-state index in [1.165, 1.54) is 38.4 Å². The molecule has 0 atom stereocenters. The van der Waals surface area contributed by atoms with Gasteiger partial charge in [-0.15, -0.1) is 11.3 Å². The number of aryl methyl sites for hydroxylation is 1. The lowest BCUT2D eigenvalue weighted by Crippen LogP contribution is -2.23. The van der Waals surface area contributed by atoms with Gasteiger partial charge >= 0.3 is 0 Å². The van der Waals surface area contributed by atoms with Gasteiger partial charge in [-0.2, -0.15) is 0 Å². The molecule has 1 N–H and O–H groups in total. The highest BCUT2D eigenvalue weighted by molar-refractivity contribution is 7.94. The second-order valence-electron chi connectivity index (χ2n) is 5.36. The topological polar surface area (TPSA) is 83.6 Å². The van der Waals surface area contributed by atoms with Gasteiger partial charge in [-0.05, 0) is 49.2 Å². The van der Waals surface area contributed by atoms with Crippen LogP contribution in [0.2, 0.25) is 4.34 Å². The first-order chi connectivity index (χ1) is 10.9. The van der Waals surface area contributed by atoms with E-state index in [-0.39, 0.29) is 14.8 Å². The molecule has 6 nitrogen and oxygen atoms in total. The highest BCUT2D eigenvalue weighted by Gasteiger charge is 2.22. The molecule has 1 aromatic heterocycles. The molecule has 0 bridgehead atoms. The molecular formula is C14H17ClN2O4S3. The predicted octanol–water partition coefficient (Wildman–Crippen LogP) is 3.07. The molecule has 0 unspecified atom stereocenters. The Bertz CT molecular complexity index is 979. The van der Waals surface area contributed by atoms with Crippen molar-refractivity contribution in [1.82, 2.24) is 4.31 Å². The van der Waals surface area contributed by atoms with Gasteiger partial charge in [0.2, 0.25) is 10.0 Å². The summed E-state index contributed by atoms with van der Waals surface area (Å²) < 4.78 is 53.5. The van der Waals surface area contributed by atoms with Crippen molar-refractivity contribution in [2.24, 2.45) is 0 Å².